The molecule has 0 radical (unpaired) electrons. The maximum atomic E-state index is 13.1. The van der Waals surface area contributed by atoms with Gasteiger partial charge in [-0.1, -0.05) is 35.3 Å². The highest BCUT2D eigenvalue weighted by molar-refractivity contribution is 6.37. The molecule has 1 aliphatic heterocycles. The Kier molecular flexibility index (Phi) is 7.35. The Hall–Kier alpha value is -2.42. The van der Waals surface area contributed by atoms with Crippen LogP contribution in [0, 0.1) is 15.9 Å². The summed E-state index contributed by atoms with van der Waals surface area (Å²) in [4.78, 5) is 27.0. The van der Waals surface area contributed by atoms with Crippen molar-refractivity contribution in [3.05, 3.63) is 67.9 Å². The summed E-state index contributed by atoms with van der Waals surface area (Å²) < 4.78 is 18.6. The number of hydrogen-bond acceptors (Lipinski definition) is 5. The van der Waals surface area contributed by atoms with E-state index >= 15 is 0 Å². The number of halogens is 3. The van der Waals surface area contributed by atoms with Crippen LogP contribution in [0.3, 0.4) is 0 Å². The zero-order valence-corrected chi connectivity index (χ0v) is 18.6. The summed E-state index contributed by atoms with van der Waals surface area (Å²) >= 11 is 12.1. The van der Waals surface area contributed by atoms with Gasteiger partial charge in [-0.05, 0) is 31.5 Å². The fourth-order valence-electron chi connectivity index (χ4n) is 3.60. The quantitative estimate of drug-likeness (QED) is 0.458. The van der Waals surface area contributed by atoms with Crippen LogP contribution >= 0.6 is 23.2 Å². The van der Waals surface area contributed by atoms with Crippen molar-refractivity contribution in [3.8, 4) is 5.75 Å². The first-order valence-corrected chi connectivity index (χ1v) is 10.5. The molecule has 2 aromatic carbocycles. The van der Waals surface area contributed by atoms with E-state index in [-0.39, 0.29) is 51.9 Å². The van der Waals surface area contributed by atoms with Crippen molar-refractivity contribution < 1.29 is 18.8 Å². The molecular weight excluding hydrogens is 448 g/mol. The van der Waals surface area contributed by atoms with Gasteiger partial charge in [-0.25, -0.2) is 4.39 Å². The smallest absolute Gasteiger partial charge is 0.272 e. The molecule has 0 bridgehead atoms. The molecule has 1 saturated heterocycles. The zero-order valence-electron chi connectivity index (χ0n) is 17.1. The van der Waals surface area contributed by atoms with Crippen LogP contribution in [0.2, 0.25) is 10.0 Å². The highest BCUT2D eigenvalue weighted by Gasteiger charge is 2.32. The lowest BCUT2D eigenvalue weighted by Gasteiger charge is -2.44. The number of carbonyl (C=O) groups is 1. The van der Waals surface area contributed by atoms with Crippen LogP contribution < -0.4 is 4.74 Å². The standard InChI is InChI=1S/C21H22Cl2FN3O4/c1-13-10-26(14(2)9-25(13)11-15-3-5-16(24)6-4-15)20(28)12-31-21-18(22)7-17(27(29)30)8-19(21)23/h3-8,13-14H,9-12H2,1-2H3/t13-,14+/m0/s1. The van der Waals surface area contributed by atoms with Gasteiger partial charge in [-0.3, -0.25) is 19.8 Å². The number of nitrogens with zero attached hydrogens (tertiary/aromatic N) is 3. The van der Waals surface area contributed by atoms with Gasteiger partial charge in [0.15, 0.2) is 12.4 Å². The minimum atomic E-state index is -0.610. The number of piperazine rings is 1. The van der Waals surface area contributed by atoms with E-state index in [0.29, 0.717) is 19.6 Å². The zero-order chi connectivity index (χ0) is 22.7. The van der Waals surface area contributed by atoms with Crippen molar-refractivity contribution in [1.82, 2.24) is 9.80 Å². The molecule has 1 aliphatic rings. The third-order valence-electron chi connectivity index (χ3n) is 5.27. The van der Waals surface area contributed by atoms with Crippen molar-refractivity contribution in [3.63, 3.8) is 0 Å². The highest BCUT2D eigenvalue weighted by atomic mass is 35.5. The molecule has 2 aromatic rings. The van der Waals surface area contributed by atoms with Crippen LogP contribution in [0.15, 0.2) is 36.4 Å². The van der Waals surface area contributed by atoms with Gasteiger partial charge in [0, 0.05) is 43.9 Å². The Bertz CT molecular complexity index is 951. The molecule has 0 unspecified atom stereocenters. The topological polar surface area (TPSA) is 75.9 Å². The maximum Gasteiger partial charge on any atom is 0.272 e. The SMILES string of the molecule is C[C@@H]1CN(Cc2ccc(F)cc2)[C@@H](C)CN1C(=O)COc1c(Cl)cc([N+](=O)[O-])cc1Cl. The Morgan fingerprint density at radius 3 is 2.35 bits per heavy atom. The Labute approximate surface area is 189 Å². The first-order chi connectivity index (χ1) is 14.7. The lowest BCUT2D eigenvalue weighted by molar-refractivity contribution is -0.384. The van der Waals surface area contributed by atoms with Crippen LogP contribution in [0.4, 0.5) is 10.1 Å². The van der Waals surface area contributed by atoms with Crippen molar-refractivity contribution >= 4 is 34.8 Å². The predicted molar refractivity (Wildman–Crippen MR) is 116 cm³/mol. The molecule has 2 atom stereocenters. The lowest BCUT2D eigenvalue weighted by atomic mass is 10.1. The summed E-state index contributed by atoms with van der Waals surface area (Å²) in [5.74, 6) is -0.460. The van der Waals surface area contributed by atoms with Gasteiger partial charge >= 0.3 is 0 Å². The van der Waals surface area contributed by atoms with Crippen molar-refractivity contribution in [2.45, 2.75) is 32.5 Å². The first-order valence-electron chi connectivity index (χ1n) is 9.70. The van der Waals surface area contributed by atoms with Gasteiger partial charge in [0.05, 0.1) is 15.0 Å². The molecule has 3 rings (SSSR count). The fraction of sp³-hybridized carbons (Fsp3) is 0.381. The van der Waals surface area contributed by atoms with Gasteiger partial charge < -0.3 is 9.64 Å². The van der Waals surface area contributed by atoms with E-state index in [0.717, 1.165) is 17.7 Å². The lowest BCUT2D eigenvalue weighted by Crippen LogP contribution is -2.58. The molecule has 0 aliphatic carbocycles. The third-order valence-corrected chi connectivity index (χ3v) is 5.83. The van der Waals surface area contributed by atoms with E-state index in [2.05, 4.69) is 4.90 Å². The molecule has 0 spiro atoms. The van der Waals surface area contributed by atoms with Crippen LogP contribution in [-0.2, 0) is 11.3 Å². The number of ether oxygens (including phenoxy) is 1. The molecule has 1 fully saturated rings. The molecule has 1 amide bonds. The molecule has 166 valence electrons. The molecule has 0 N–H and O–H groups in total. The van der Waals surface area contributed by atoms with Gasteiger partial charge in [-0.2, -0.15) is 0 Å². The number of carbonyl (C=O) groups excluding carboxylic acids is 1. The Balaban J connectivity index is 1.60. The third kappa shape index (κ3) is 5.64. The minimum absolute atomic E-state index is 0.0301. The molecule has 0 aromatic heterocycles. The van der Waals surface area contributed by atoms with Crippen molar-refractivity contribution in [1.29, 1.82) is 0 Å². The molecular formula is C21H22Cl2FN3O4. The Morgan fingerprint density at radius 1 is 1.16 bits per heavy atom. The molecule has 31 heavy (non-hydrogen) atoms. The van der Waals surface area contributed by atoms with E-state index < -0.39 is 4.92 Å². The number of amides is 1. The summed E-state index contributed by atoms with van der Waals surface area (Å²) in [6, 6.07) is 8.70. The second-order valence-corrected chi connectivity index (χ2v) is 8.40. The largest absolute Gasteiger partial charge is 0.481 e. The number of hydrogen-bond donors (Lipinski definition) is 0. The van der Waals surface area contributed by atoms with E-state index in [1.165, 1.54) is 12.1 Å². The Morgan fingerprint density at radius 2 is 1.77 bits per heavy atom. The van der Waals surface area contributed by atoms with Crippen molar-refractivity contribution in [2.24, 2.45) is 0 Å². The van der Waals surface area contributed by atoms with Gasteiger partial charge in [-0.15, -0.1) is 0 Å². The first kappa shape index (κ1) is 23.2. The highest BCUT2D eigenvalue weighted by Crippen LogP contribution is 2.36. The van der Waals surface area contributed by atoms with Gasteiger partial charge in [0.2, 0.25) is 0 Å². The number of rotatable bonds is 6. The summed E-state index contributed by atoms with van der Waals surface area (Å²) in [5.41, 5.74) is 0.749. The summed E-state index contributed by atoms with van der Waals surface area (Å²) in [6.45, 7) is 5.52. The predicted octanol–water partition coefficient (Wildman–Crippen LogP) is 4.54. The van der Waals surface area contributed by atoms with Crippen LogP contribution in [0.1, 0.15) is 19.4 Å². The van der Waals surface area contributed by atoms with Gasteiger partial charge in [0.25, 0.3) is 11.6 Å². The maximum absolute atomic E-state index is 13.1. The normalized spacial score (nSPS) is 19.3. The summed E-state index contributed by atoms with van der Waals surface area (Å²) in [7, 11) is 0. The minimum Gasteiger partial charge on any atom is -0.481 e. The van der Waals surface area contributed by atoms with Crippen molar-refractivity contribution in [2.75, 3.05) is 19.7 Å². The molecule has 0 saturated carbocycles. The number of non-ortho nitro benzene ring substituents is 1. The number of nitro groups is 1. The fourth-order valence-corrected chi connectivity index (χ4v) is 4.18. The monoisotopic (exact) mass is 469 g/mol. The average Bonchev–Trinajstić information content (AvgIpc) is 2.71. The van der Waals surface area contributed by atoms with Gasteiger partial charge in [0.1, 0.15) is 5.82 Å². The number of nitro benzene ring substituents is 1. The second kappa shape index (κ2) is 9.80. The molecule has 10 heteroatoms. The van der Waals surface area contributed by atoms with Crippen LogP contribution in [-0.4, -0.2) is 52.4 Å². The van der Waals surface area contributed by atoms with Crippen LogP contribution in [0.5, 0.6) is 5.75 Å². The van der Waals surface area contributed by atoms with E-state index in [4.69, 9.17) is 27.9 Å². The summed E-state index contributed by atoms with van der Waals surface area (Å²) in [5, 5.41) is 10.8. The van der Waals surface area contributed by atoms with E-state index in [9.17, 15) is 19.3 Å². The average molecular weight is 470 g/mol. The van der Waals surface area contributed by atoms with E-state index in [1.54, 1.807) is 17.0 Å². The molecule has 7 nitrogen and oxygen atoms in total. The van der Waals surface area contributed by atoms with E-state index in [1.807, 2.05) is 13.8 Å². The molecule has 1 heterocycles. The number of benzene rings is 2. The van der Waals surface area contributed by atoms with Crippen LogP contribution in [0.25, 0.3) is 0 Å². The summed E-state index contributed by atoms with van der Waals surface area (Å²) in [6.07, 6.45) is 0. The second-order valence-electron chi connectivity index (χ2n) is 7.58.